The number of ether oxygens (including phenoxy) is 2. The molecule has 0 atom stereocenters. The van der Waals surface area contributed by atoms with Gasteiger partial charge < -0.3 is 13.9 Å². The predicted molar refractivity (Wildman–Crippen MR) is 110 cm³/mol. The molecule has 2 heterocycles. The van der Waals surface area contributed by atoms with Gasteiger partial charge in [-0.15, -0.1) is 5.10 Å². The van der Waals surface area contributed by atoms with E-state index in [1.165, 1.54) is 0 Å². The lowest BCUT2D eigenvalue weighted by Crippen LogP contribution is -2.12. The van der Waals surface area contributed by atoms with Crippen LogP contribution in [0.1, 0.15) is 26.3 Å². The molecule has 0 spiro atoms. The number of amides is 1. The van der Waals surface area contributed by atoms with Gasteiger partial charge in [-0.25, -0.2) is 0 Å². The van der Waals surface area contributed by atoms with Gasteiger partial charge in [0.15, 0.2) is 17.3 Å². The molecule has 1 aliphatic heterocycles. The molecule has 0 bridgehead atoms. The molecule has 1 amide bonds. The third kappa shape index (κ3) is 3.74. The number of nitrogens with zero attached hydrogens (tertiary/aromatic N) is 2. The number of aromatic nitrogens is 2. The molecule has 8 nitrogen and oxygen atoms in total. The Morgan fingerprint density at radius 3 is 2.29 bits per heavy atom. The maximum absolute atomic E-state index is 12.5. The quantitative estimate of drug-likeness (QED) is 0.494. The fourth-order valence-corrected chi connectivity index (χ4v) is 3.12. The first-order chi connectivity index (χ1) is 15.2. The minimum absolute atomic E-state index is 0.0397. The van der Waals surface area contributed by atoms with E-state index in [1.54, 1.807) is 66.7 Å². The Bertz CT molecular complexity index is 1270. The average molecular weight is 413 g/mol. The highest BCUT2D eigenvalue weighted by atomic mass is 16.7. The van der Waals surface area contributed by atoms with Crippen LogP contribution in [0.3, 0.4) is 0 Å². The topological polar surface area (TPSA) is 104 Å². The molecule has 152 valence electrons. The summed E-state index contributed by atoms with van der Waals surface area (Å²) in [7, 11) is 0. The van der Waals surface area contributed by atoms with Gasteiger partial charge in [-0.05, 0) is 30.3 Å². The summed E-state index contributed by atoms with van der Waals surface area (Å²) in [5, 5.41) is 10.4. The van der Waals surface area contributed by atoms with Gasteiger partial charge in [0.25, 0.3) is 5.91 Å². The van der Waals surface area contributed by atoms with Crippen LogP contribution in [0.4, 0.5) is 6.01 Å². The lowest BCUT2D eigenvalue weighted by Gasteiger charge is -2.04. The molecule has 0 saturated carbocycles. The van der Waals surface area contributed by atoms with Gasteiger partial charge in [0.1, 0.15) is 0 Å². The highest BCUT2D eigenvalue weighted by Crippen LogP contribution is 2.35. The summed E-state index contributed by atoms with van der Waals surface area (Å²) >= 11 is 0. The largest absolute Gasteiger partial charge is 0.454 e. The summed E-state index contributed by atoms with van der Waals surface area (Å²) in [6.07, 6.45) is 0. The molecule has 8 heteroatoms. The summed E-state index contributed by atoms with van der Waals surface area (Å²) in [5.41, 5.74) is 2.07. The van der Waals surface area contributed by atoms with Crippen molar-refractivity contribution in [3.63, 3.8) is 0 Å². The molecule has 0 radical (unpaired) electrons. The number of carbonyl (C=O) groups excluding carboxylic acids is 2. The smallest absolute Gasteiger partial charge is 0.322 e. The number of ketones is 1. The van der Waals surface area contributed by atoms with E-state index < -0.39 is 5.91 Å². The minimum Gasteiger partial charge on any atom is -0.454 e. The van der Waals surface area contributed by atoms with Crippen molar-refractivity contribution in [2.75, 3.05) is 12.1 Å². The van der Waals surface area contributed by atoms with Crippen molar-refractivity contribution < 1.29 is 23.5 Å². The number of fused-ring (bicyclic) bond motifs is 1. The van der Waals surface area contributed by atoms with Crippen LogP contribution in [0.15, 0.2) is 77.2 Å². The summed E-state index contributed by atoms with van der Waals surface area (Å²) in [5.74, 6) is 0.923. The van der Waals surface area contributed by atoms with Crippen LogP contribution in [0, 0.1) is 0 Å². The van der Waals surface area contributed by atoms with E-state index in [2.05, 4.69) is 15.5 Å². The molecule has 1 aliphatic rings. The molecular formula is C23H15N3O5. The molecule has 5 rings (SSSR count). The zero-order valence-electron chi connectivity index (χ0n) is 16.1. The van der Waals surface area contributed by atoms with Crippen LogP contribution in [-0.4, -0.2) is 28.7 Å². The van der Waals surface area contributed by atoms with Crippen molar-refractivity contribution in [2.45, 2.75) is 0 Å². The van der Waals surface area contributed by atoms with E-state index in [1.807, 2.05) is 6.07 Å². The van der Waals surface area contributed by atoms with E-state index in [-0.39, 0.29) is 24.5 Å². The molecule has 0 fully saturated rings. The van der Waals surface area contributed by atoms with E-state index in [9.17, 15) is 9.59 Å². The maximum Gasteiger partial charge on any atom is 0.322 e. The Morgan fingerprint density at radius 1 is 0.774 bits per heavy atom. The van der Waals surface area contributed by atoms with Gasteiger partial charge in [-0.3, -0.25) is 14.9 Å². The van der Waals surface area contributed by atoms with Crippen molar-refractivity contribution in [3.8, 4) is 23.0 Å². The van der Waals surface area contributed by atoms with E-state index in [0.29, 0.717) is 33.8 Å². The molecular weight excluding hydrogens is 398 g/mol. The van der Waals surface area contributed by atoms with E-state index >= 15 is 0 Å². The monoisotopic (exact) mass is 413 g/mol. The zero-order valence-corrected chi connectivity index (χ0v) is 16.1. The standard InChI is InChI=1S/C23H15N3O5/c27-20(14-4-2-1-3-5-14)15-6-8-16(9-7-15)21(28)24-23-26-25-22(31-23)17-10-11-18-19(12-17)30-13-29-18/h1-12H,13H2,(H,24,26,28). The lowest BCUT2D eigenvalue weighted by atomic mass is 10.0. The van der Waals surface area contributed by atoms with Crippen LogP contribution < -0.4 is 14.8 Å². The highest BCUT2D eigenvalue weighted by Gasteiger charge is 2.18. The van der Waals surface area contributed by atoms with Gasteiger partial charge in [0.2, 0.25) is 12.7 Å². The van der Waals surface area contributed by atoms with Crippen LogP contribution in [0.5, 0.6) is 11.5 Å². The first-order valence-electron chi connectivity index (χ1n) is 9.42. The van der Waals surface area contributed by atoms with Crippen LogP contribution in [-0.2, 0) is 0 Å². The summed E-state index contributed by atoms with van der Waals surface area (Å²) in [6, 6.07) is 20.5. The van der Waals surface area contributed by atoms with Crippen LogP contribution in [0.25, 0.3) is 11.5 Å². The second kappa shape index (κ2) is 7.75. The number of rotatable bonds is 5. The van der Waals surface area contributed by atoms with Gasteiger partial charge >= 0.3 is 6.01 Å². The molecule has 0 aliphatic carbocycles. The molecule has 1 N–H and O–H groups in total. The van der Waals surface area contributed by atoms with E-state index in [4.69, 9.17) is 13.9 Å². The molecule has 0 saturated heterocycles. The van der Waals surface area contributed by atoms with Crippen molar-refractivity contribution in [1.29, 1.82) is 0 Å². The Balaban J connectivity index is 1.28. The number of nitrogens with one attached hydrogen (secondary N) is 1. The van der Waals surface area contributed by atoms with E-state index in [0.717, 1.165) is 0 Å². The summed E-state index contributed by atoms with van der Waals surface area (Å²) < 4.78 is 16.2. The fourth-order valence-electron chi connectivity index (χ4n) is 3.12. The number of anilines is 1. The minimum atomic E-state index is -0.431. The number of hydrogen-bond acceptors (Lipinski definition) is 7. The predicted octanol–water partition coefficient (Wildman–Crippen LogP) is 3.95. The second-order valence-electron chi connectivity index (χ2n) is 6.71. The summed E-state index contributed by atoms with van der Waals surface area (Å²) in [4.78, 5) is 25.0. The third-order valence-corrected chi connectivity index (χ3v) is 4.71. The van der Waals surface area contributed by atoms with Gasteiger partial charge in [-0.2, -0.15) is 0 Å². The normalized spacial score (nSPS) is 11.9. The van der Waals surface area contributed by atoms with Crippen molar-refractivity contribution in [1.82, 2.24) is 10.2 Å². The van der Waals surface area contributed by atoms with Crippen LogP contribution >= 0.6 is 0 Å². The lowest BCUT2D eigenvalue weighted by molar-refractivity contribution is 0.101. The molecule has 3 aromatic carbocycles. The number of hydrogen-bond donors (Lipinski definition) is 1. The first kappa shape index (κ1) is 18.6. The number of carbonyl (C=O) groups is 2. The van der Waals surface area contributed by atoms with Crippen molar-refractivity contribution in [3.05, 3.63) is 89.5 Å². The second-order valence-corrected chi connectivity index (χ2v) is 6.71. The average Bonchev–Trinajstić information content (AvgIpc) is 3.48. The molecule has 0 unspecified atom stereocenters. The SMILES string of the molecule is O=C(Nc1nnc(-c2ccc3c(c2)OCO3)o1)c1ccc(C(=O)c2ccccc2)cc1. The van der Waals surface area contributed by atoms with Gasteiger partial charge in [-0.1, -0.05) is 47.6 Å². The molecule has 31 heavy (non-hydrogen) atoms. The van der Waals surface area contributed by atoms with Crippen molar-refractivity contribution >= 4 is 17.7 Å². The Morgan fingerprint density at radius 2 is 1.48 bits per heavy atom. The van der Waals surface area contributed by atoms with Crippen molar-refractivity contribution in [2.24, 2.45) is 0 Å². The first-order valence-corrected chi connectivity index (χ1v) is 9.42. The Labute approximate surface area is 176 Å². The molecule has 4 aromatic rings. The summed E-state index contributed by atoms with van der Waals surface area (Å²) in [6.45, 7) is 0.166. The van der Waals surface area contributed by atoms with Gasteiger partial charge in [0.05, 0.1) is 0 Å². The Kier molecular flexibility index (Phi) is 4.64. The fraction of sp³-hybridized carbons (Fsp3) is 0.0435. The third-order valence-electron chi connectivity index (χ3n) is 4.71. The number of benzene rings is 3. The maximum atomic E-state index is 12.5. The van der Waals surface area contributed by atoms with Crippen LogP contribution in [0.2, 0.25) is 0 Å². The van der Waals surface area contributed by atoms with Gasteiger partial charge in [0, 0.05) is 22.3 Å². The zero-order chi connectivity index (χ0) is 21.2. The highest BCUT2D eigenvalue weighted by molar-refractivity contribution is 6.10. The Hall–Kier alpha value is -4.46. The molecule has 1 aromatic heterocycles.